The molecule has 3 aromatic rings. The molecule has 32 heavy (non-hydrogen) atoms. The first-order valence-corrected chi connectivity index (χ1v) is 11.4. The second kappa shape index (κ2) is 8.68. The Labute approximate surface area is 190 Å². The zero-order valence-electron chi connectivity index (χ0n) is 17.4. The number of benzene rings is 2. The van der Waals surface area contributed by atoms with Crippen molar-refractivity contribution in [3.8, 4) is 0 Å². The highest BCUT2D eigenvalue weighted by molar-refractivity contribution is 7.11. The van der Waals surface area contributed by atoms with Gasteiger partial charge in [-0.25, -0.2) is 9.29 Å². The van der Waals surface area contributed by atoms with E-state index in [-0.39, 0.29) is 11.6 Å². The molecular formula is C25H22FN3O2S. The molecule has 0 bridgehead atoms. The van der Waals surface area contributed by atoms with Crippen LogP contribution in [0.2, 0.25) is 0 Å². The molecule has 0 N–H and O–H groups in total. The van der Waals surface area contributed by atoms with E-state index in [1.165, 1.54) is 35.1 Å². The van der Waals surface area contributed by atoms with Crippen molar-refractivity contribution in [3.05, 3.63) is 94.1 Å². The summed E-state index contributed by atoms with van der Waals surface area (Å²) >= 11 is 1.43. The second-order valence-electron chi connectivity index (χ2n) is 7.88. The number of rotatable bonds is 5. The van der Waals surface area contributed by atoms with E-state index in [9.17, 15) is 14.0 Å². The average molecular weight is 448 g/mol. The average Bonchev–Trinajstić information content (AvgIpc) is 3.41. The molecule has 2 aromatic carbocycles. The predicted octanol–water partition coefficient (Wildman–Crippen LogP) is 3.99. The first-order valence-electron chi connectivity index (χ1n) is 10.6. The summed E-state index contributed by atoms with van der Waals surface area (Å²) < 4.78 is 13.8. The number of halogens is 1. The van der Waals surface area contributed by atoms with Crippen molar-refractivity contribution in [1.29, 1.82) is 0 Å². The van der Waals surface area contributed by atoms with Gasteiger partial charge in [0.15, 0.2) is 0 Å². The maximum absolute atomic E-state index is 13.8. The smallest absolute Gasteiger partial charge is 0.282 e. The molecule has 5 nitrogen and oxygen atoms in total. The zero-order chi connectivity index (χ0) is 22.1. The largest absolute Gasteiger partial charge is 0.364 e. The van der Waals surface area contributed by atoms with Crippen LogP contribution in [-0.2, 0) is 16.1 Å². The van der Waals surface area contributed by atoms with Crippen molar-refractivity contribution >= 4 is 34.4 Å². The minimum Gasteiger partial charge on any atom is -0.364 e. The fraction of sp³-hybridized carbons (Fsp3) is 0.200. The topological polar surface area (TPSA) is 43.9 Å². The maximum atomic E-state index is 13.8. The van der Waals surface area contributed by atoms with Crippen molar-refractivity contribution < 1.29 is 14.0 Å². The summed E-state index contributed by atoms with van der Waals surface area (Å²) in [6.45, 7) is 3.73. The van der Waals surface area contributed by atoms with E-state index in [2.05, 4.69) is 17.0 Å². The van der Waals surface area contributed by atoms with Gasteiger partial charge in [-0.15, -0.1) is 11.3 Å². The molecule has 2 aliphatic heterocycles. The van der Waals surface area contributed by atoms with Crippen molar-refractivity contribution in [2.75, 3.05) is 31.1 Å². The van der Waals surface area contributed by atoms with Crippen LogP contribution in [0.3, 0.4) is 0 Å². The quantitative estimate of drug-likeness (QED) is 0.555. The lowest BCUT2D eigenvalue weighted by Gasteiger charge is -2.36. The Morgan fingerprint density at radius 2 is 1.62 bits per heavy atom. The molecule has 2 amide bonds. The lowest BCUT2D eigenvalue weighted by atomic mass is 10.1. The fourth-order valence-electron chi connectivity index (χ4n) is 4.28. The fourth-order valence-corrected chi connectivity index (χ4v) is 5.04. The summed E-state index contributed by atoms with van der Waals surface area (Å²) in [4.78, 5) is 33.1. The van der Waals surface area contributed by atoms with E-state index in [0.29, 0.717) is 24.4 Å². The summed E-state index contributed by atoms with van der Waals surface area (Å²) in [7, 11) is 0. The monoisotopic (exact) mass is 447 g/mol. The number of carbonyl (C=O) groups is 2. The van der Waals surface area contributed by atoms with E-state index in [1.54, 1.807) is 6.07 Å². The van der Waals surface area contributed by atoms with Crippen molar-refractivity contribution in [2.24, 2.45) is 0 Å². The van der Waals surface area contributed by atoms with Crippen LogP contribution in [0.5, 0.6) is 0 Å². The van der Waals surface area contributed by atoms with E-state index < -0.39 is 11.7 Å². The number of thiophene rings is 1. The number of hydrogen-bond acceptors (Lipinski definition) is 5. The van der Waals surface area contributed by atoms with Crippen LogP contribution in [0, 0.1) is 5.82 Å². The van der Waals surface area contributed by atoms with Gasteiger partial charge in [-0.1, -0.05) is 42.5 Å². The summed E-state index contributed by atoms with van der Waals surface area (Å²) in [6, 6.07) is 19.6. The lowest BCUT2D eigenvalue weighted by Crippen LogP contribution is -2.47. The summed E-state index contributed by atoms with van der Waals surface area (Å²) in [5, 5.41) is 1.89. The van der Waals surface area contributed by atoms with Gasteiger partial charge in [-0.3, -0.25) is 14.5 Å². The number of anilines is 1. The Morgan fingerprint density at radius 1 is 0.844 bits per heavy atom. The highest BCUT2D eigenvalue weighted by Crippen LogP contribution is 2.37. The third-order valence-corrected chi connectivity index (χ3v) is 6.72. The molecule has 162 valence electrons. The van der Waals surface area contributed by atoms with Gasteiger partial charge in [-0.05, 0) is 35.2 Å². The van der Waals surface area contributed by atoms with Gasteiger partial charge in [0.2, 0.25) is 0 Å². The normalized spacial score (nSPS) is 17.5. The number of amides is 2. The number of imide groups is 1. The third-order valence-electron chi connectivity index (χ3n) is 5.83. The Bertz CT molecular complexity index is 1170. The molecule has 2 aliphatic rings. The molecule has 0 spiro atoms. The summed E-state index contributed by atoms with van der Waals surface area (Å²) in [5.41, 5.74) is 2.34. The van der Waals surface area contributed by atoms with Gasteiger partial charge in [0.05, 0.1) is 11.3 Å². The van der Waals surface area contributed by atoms with Crippen LogP contribution in [-0.4, -0.2) is 47.8 Å². The van der Waals surface area contributed by atoms with E-state index >= 15 is 0 Å². The minimum absolute atomic E-state index is 0.256. The first kappa shape index (κ1) is 20.6. The van der Waals surface area contributed by atoms with Crippen molar-refractivity contribution in [2.45, 2.75) is 6.54 Å². The highest BCUT2D eigenvalue weighted by atomic mass is 32.1. The van der Waals surface area contributed by atoms with Crippen molar-refractivity contribution in [3.63, 3.8) is 0 Å². The Morgan fingerprint density at radius 3 is 2.31 bits per heavy atom. The molecule has 3 heterocycles. The third kappa shape index (κ3) is 3.85. The predicted molar refractivity (Wildman–Crippen MR) is 123 cm³/mol. The van der Waals surface area contributed by atoms with Crippen LogP contribution < -0.4 is 4.90 Å². The van der Waals surface area contributed by atoms with Crippen LogP contribution in [0.1, 0.15) is 10.4 Å². The van der Waals surface area contributed by atoms with E-state index in [4.69, 9.17) is 0 Å². The van der Waals surface area contributed by atoms with Crippen LogP contribution in [0.25, 0.3) is 5.57 Å². The molecular weight excluding hydrogens is 425 g/mol. The number of piperazine rings is 1. The maximum Gasteiger partial charge on any atom is 0.282 e. The second-order valence-corrected chi connectivity index (χ2v) is 8.82. The summed E-state index contributed by atoms with van der Waals surface area (Å²) in [5.74, 6) is -1.27. The van der Waals surface area contributed by atoms with Gasteiger partial charge in [0.1, 0.15) is 11.5 Å². The Balaban J connectivity index is 1.42. The number of nitrogens with zero attached hydrogens (tertiary/aromatic N) is 3. The SMILES string of the molecule is O=C1C(c2cccs2)=C(N2CCN(Cc3ccccc3)CC2)C(=O)N1c1cccc(F)c1. The molecule has 1 aromatic heterocycles. The zero-order valence-corrected chi connectivity index (χ0v) is 18.2. The Hall–Kier alpha value is -3.29. The molecule has 5 rings (SSSR count). The van der Waals surface area contributed by atoms with E-state index in [1.807, 2.05) is 40.6 Å². The molecule has 1 fully saturated rings. The molecule has 0 radical (unpaired) electrons. The van der Waals surface area contributed by atoms with Crippen LogP contribution in [0.4, 0.5) is 10.1 Å². The van der Waals surface area contributed by atoms with Gasteiger partial charge < -0.3 is 4.90 Å². The van der Waals surface area contributed by atoms with Crippen molar-refractivity contribution in [1.82, 2.24) is 9.80 Å². The highest BCUT2D eigenvalue weighted by Gasteiger charge is 2.43. The van der Waals surface area contributed by atoms with Gasteiger partial charge in [0.25, 0.3) is 11.8 Å². The number of hydrogen-bond donors (Lipinski definition) is 0. The van der Waals surface area contributed by atoms with Crippen LogP contribution in [0.15, 0.2) is 77.8 Å². The number of carbonyl (C=O) groups excluding carboxylic acids is 2. The molecule has 0 aliphatic carbocycles. The van der Waals surface area contributed by atoms with Gasteiger partial charge in [0, 0.05) is 37.6 Å². The lowest BCUT2D eigenvalue weighted by molar-refractivity contribution is -0.120. The van der Waals surface area contributed by atoms with Gasteiger partial charge >= 0.3 is 0 Å². The Kier molecular flexibility index (Phi) is 5.59. The molecule has 0 atom stereocenters. The van der Waals surface area contributed by atoms with Crippen LogP contribution >= 0.6 is 11.3 Å². The molecule has 0 saturated carbocycles. The van der Waals surface area contributed by atoms with E-state index in [0.717, 1.165) is 29.4 Å². The first-order chi connectivity index (χ1) is 15.6. The molecule has 0 unspecified atom stereocenters. The summed E-state index contributed by atoms with van der Waals surface area (Å²) in [6.07, 6.45) is 0. The molecule has 1 saturated heterocycles. The standard InChI is InChI=1S/C25H22FN3O2S/c26-19-8-4-9-20(16-19)29-24(30)22(21-10-5-15-32-21)23(25(29)31)28-13-11-27(12-14-28)17-18-6-2-1-3-7-18/h1-10,15-16H,11-14,17H2. The van der Waals surface area contributed by atoms with Gasteiger partial charge in [-0.2, -0.15) is 0 Å². The minimum atomic E-state index is -0.483. The molecule has 7 heteroatoms.